The van der Waals surface area contributed by atoms with Gasteiger partial charge in [-0.3, -0.25) is 24.6 Å². The van der Waals surface area contributed by atoms with Crippen molar-refractivity contribution in [3.8, 4) is 0 Å². The standard InChI is InChI=1S/C17H15N3O5S2/c1-8(2)15-11(10-5-9(20(24)25)3-4-12(10)18-15)6-13-16(23)19(7-14(21)22)17(26)27-13/h3-6,8,18H,7H2,1-2H3,(H,21,22). The number of H-pyrrole nitrogens is 1. The van der Waals surface area contributed by atoms with E-state index in [1.807, 2.05) is 13.8 Å². The fraction of sp³-hybridized carbons (Fsp3) is 0.235. The molecule has 1 aliphatic heterocycles. The average molecular weight is 405 g/mol. The van der Waals surface area contributed by atoms with Gasteiger partial charge in [-0.15, -0.1) is 0 Å². The minimum Gasteiger partial charge on any atom is -0.480 e. The number of amides is 1. The molecule has 0 radical (unpaired) electrons. The van der Waals surface area contributed by atoms with Crippen LogP contribution in [0.2, 0.25) is 0 Å². The van der Waals surface area contributed by atoms with Crippen LogP contribution in [0.4, 0.5) is 5.69 Å². The molecule has 1 fully saturated rings. The largest absolute Gasteiger partial charge is 0.480 e. The van der Waals surface area contributed by atoms with E-state index in [4.69, 9.17) is 17.3 Å². The quantitative estimate of drug-likeness (QED) is 0.338. The van der Waals surface area contributed by atoms with E-state index in [1.165, 1.54) is 12.1 Å². The van der Waals surface area contributed by atoms with Gasteiger partial charge in [-0.05, 0) is 18.1 Å². The van der Waals surface area contributed by atoms with E-state index >= 15 is 0 Å². The van der Waals surface area contributed by atoms with Crippen LogP contribution in [0.25, 0.3) is 17.0 Å². The van der Waals surface area contributed by atoms with E-state index in [1.54, 1.807) is 12.1 Å². The number of carbonyl (C=O) groups is 2. The van der Waals surface area contributed by atoms with Crippen LogP contribution in [-0.4, -0.2) is 42.7 Å². The number of carbonyl (C=O) groups excluding carboxylic acids is 1. The van der Waals surface area contributed by atoms with Crippen molar-refractivity contribution in [3.05, 3.63) is 44.5 Å². The Morgan fingerprint density at radius 2 is 2.19 bits per heavy atom. The van der Waals surface area contributed by atoms with Crippen LogP contribution in [0.15, 0.2) is 23.1 Å². The van der Waals surface area contributed by atoms with E-state index in [0.29, 0.717) is 10.9 Å². The normalized spacial score (nSPS) is 16.1. The number of aromatic nitrogens is 1. The molecule has 0 spiro atoms. The molecule has 10 heteroatoms. The van der Waals surface area contributed by atoms with E-state index < -0.39 is 23.3 Å². The number of aliphatic carboxylic acids is 1. The molecule has 2 aromatic rings. The Kier molecular flexibility index (Phi) is 5.03. The number of thioether (sulfide) groups is 1. The smallest absolute Gasteiger partial charge is 0.323 e. The van der Waals surface area contributed by atoms with Gasteiger partial charge in [0.1, 0.15) is 10.9 Å². The number of fused-ring (bicyclic) bond motifs is 1. The highest BCUT2D eigenvalue weighted by molar-refractivity contribution is 8.26. The van der Waals surface area contributed by atoms with E-state index in [9.17, 15) is 19.7 Å². The van der Waals surface area contributed by atoms with Gasteiger partial charge in [-0.2, -0.15) is 0 Å². The van der Waals surface area contributed by atoms with Crippen LogP contribution in [0.5, 0.6) is 0 Å². The van der Waals surface area contributed by atoms with Crippen molar-refractivity contribution in [1.82, 2.24) is 9.88 Å². The van der Waals surface area contributed by atoms with E-state index in [2.05, 4.69) is 4.98 Å². The number of hydrogen-bond donors (Lipinski definition) is 2. The lowest BCUT2D eigenvalue weighted by Crippen LogP contribution is -2.33. The highest BCUT2D eigenvalue weighted by Gasteiger charge is 2.34. The van der Waals surface area contributed by atoms with Crippen molar-refractivity contribution in [2.75, 3.05) is 6.54 Å². The summed E-state index contributed by atoms with van der Waals surface area (Å²) in [7, 11) is 0. The molecule has 27 heavy (non-hydrogen) atoms. The number of aromatic amines is 1. The van der Waals surface area contributed by atoms with E-state index in [0.717, 1.165) is 27.9 Å². The molecular formula is C17H15N3O5S2. The number of carboxylic acids is 1. The minimum atomic E-state index is -1.15. The van der Waals surface area contributed by atoms with Crippen molar-refractivity contribution < 1.29 is 19.6 Å². The highest BCUT2D eigenvalue weighted by atomic mass is 32.2. The first kappa shape index (κ1) is 19.1. The molecule has 140 valence electrons. The van der Waals surface area contributed by atoms with Crippen LogP contribution in [0, 0.1) is 10.1 Å². The molecule has 1 aromatic carbocycles. The maximum Gasteiger partial charge on any atom is 0.323 e. The van der Waals surface area contributed by atoms with Crippen LogP contribution in [0.3, 0.4) is 0 Å². The maximum atomic E-state index is 12.5. The number of nitro benzene ring substituents is 1. The second-order valence-electron chi connectivity index (χ2n) is 6.26. The Hall–Kier alpha value is -2.72. The Bertz CT molecular complexity index is 1020. The molecule has 0 saturated carbocycles. The fourth-order valence-corrected chi connectivity index (χ4v) is 4.09. The fourth-order valence-electron chi connectivity index (χ4n) is 2.85. The minimum absolute atomic E-state index is 0.0510. The Morgan fingerprint density at radius 1 is 1.48 bits per heavy atom. The number of nitro groups is 1. The van der Waals surface area contributed by atoms with Crippen LogP contribution in [-0.2, 0) is 9.59 Å². The molecule has 1 aromatic heterocycles. The lowest BCUT2D eigenvalue weighted by molar-refractivity contribution is -0.384. The predicted octanol–water partition coefficient (Wildman–Crippen LogP) is 3.49. The second-order valence-corrected chi connectivity index (χ2v) is 7.93. The number of nitrogens with one attached hydrogen (secondary N) is 1. The molecule has 2 N–H and O–H groups in total. The van der Waals surface area contributed by atoms with E-state index in [-0.39, 0.29) is 20.8 Å². The summed E-state index contributed by atoms with van der Waals surface area (Å²) in [5.41, 5.74) is 2.16. The van der Waals surface area contributed by atoms with Crippen LogP contribution < -0.4 is 0 Å². The van der Waals surface area contributed by atoms with Crippen molar-refractivity contribution >= 4 is 62.8 Å². The Labute approximate surface area is 163 Å². The maximum absolute atomic E-state index is 12.5. The number of thiocarbonyl (C=S) groups is 1. The van der Waals surface area contributed by atoms with Gasteiger partial charge in [-0.1, -0.05) is 37.8 Å². The first-order valence-corrected chi connectivity index (χ1v) is 9.18. The summed E-state index contributed by atoms with van der Waals surface area (Å²) in [5.74, 6) is -1.56. The monoisotopic (exact) mass is 405 g/mol. The van der Waals surface area contributed by atoms with Gasteiger partial charge in [0.15, 0.2) is 0 Å². The zero-order chi connectivity index (χ0) is 19.9. The van der Waals surface area contributed by atoms with Crippen molar-refractivity contribution in [3.63, 3.8) is 0 Å². The van der Waals surface area contributed by atoms with Gasteiger partial charge < -0.3 is 10.1 Å². The molecule has 1 saturated heterocycles. The van der Waals surface area contributed by atoms with Gasteiger partial charge >= 0.3 is 5.97 Å². The zero-order valence-corrected chi connectivity index (χ0v) is 16.0. The summed E-state index contributed by atoms with van der Waals surface area (Å²) < 4.78 is 0.172. The first-order valence-electron chi connectivity index (χ1n) is 7.96. The van der Waals surface area contributed by atoms with Gasteiger partial charge in [0.2, 0.25) is 0 Å². The Morgan fingerprint density at radius 3 is 2.78 bits per heavy atom. The molecular weight excluding hydrogens is 390 g/mol. The molecule has 0 unspecified atom stereocenters. The number of nitrogens with zero attached hydrogens (tertiary/aromatic N) is 2. The molecule has 0 atom stereocenters. The Balaban J connectivity index is 2.14. The third kappa shape index (κ3) is 3.58. The third-order valence-electron chi connectivity index (χ3n) is 4.08. The van der Waals surface area contributed by atoms with Crippen molar-refractivity contribution in [1.29, 1.82) is 0 Å². The van der Waals surface area contributed by atoms with Crippen LogP contribution >= 0.6 is 24.0 Å². The lowest BCUT2D eigenvalue weighted by Gasteiger charge is -2.10. The summed E-state index contributed by atoms with van der Waals surface area (Å²) in [6.45, 7) is 3.43. The van der Waals surface area contributed by atoms with Crippen molar-refractivity contribution in [2.24, 2.45) is 0 Å². The third-order valence-corrected chi connectivity index (χ3v) is 5.46. The highest BCUT2D eigenvalue weighted by Crippen LogP contribution is 2.37. The van der Waals surface area contributed by atoms with Gasteiger partial charge in [0, 0.05) is 34.3 Å². The zero-order valence-electron chi connectivity index (χ0n) is 14.4. The number of benzene rings is 1. The molecule has 0 aliphatic carbocycles. The lowest BCUT2D eigenvalue weighted by atomic mass is 10.0. The SMILES string of the molecule is CC(C)c1[nH]c2ccc([N+](=O)[O-])cc2c1C=C1SC(=S)N(CC(=O)O)C1=O. The summed E-state index contributed by atoms with van der Waals surface area (Å²) >= 11 is 6.13. The molecule has 1 aliphatic rings. The number of hydrogen-bond acceptors (Lipinski definition) is 6. The molecule has 3 rings (SSSR count). The average Bonchev–Trinajstić information content (AvgIpc) is 3.07. The van der Waals surface area contributed by atoms with Gasteiger partial charge in [0.05, 0.1) is 9.83 Å². The number of carboxylic acid groups (broad SMARTS) is 1. The molecule has 8 nitrogen and oxygen atoms in total. The second kappa shape index (κ2) is 7.12. The summed E-state index contributed by atoms with van der Waals surface area (Å²) in [6, 6.07) is 4.51. The molecule has 1 amide bonds. The van der Waals surface area contributed by atoms with Crippen LogP contribution in [0.1, 0.15) is 31.0 Å². The summed E-state index contributed by atoms with van der Waals surface area (Å²) in [4.78, 5) is 38.7. The molecule has 0 bridgehead atoms. The predicted molar refractivity (Wildman–Crippen MR) is 107 cm³/mol. The first-order chi connectivity index (χ1) is 12.7. The molecule has 2 heterocycles. The number of rotatable bonds is 5. The number of non-ortho nitro benzene ring substituents is 1. The topological polar surface area (TPSA) is 117 Å². The summed E-state index contributed by atoms with van der Waals surface area (Å²) in [5, 5.41) is 20.7. The van der Waals surface area contributed by atoms with Gasteiger partial charge in [0.25, 0.3) is 11.6 Å². The van der Waals surface area contributed by atoms with Crippen molar-refractivity contribution in [2.45, 2.75) is 19.8 Å². The van der Waals surface area contributed by atoms with Gasteiger partial charge in [-0.25, -0.2) is 0 Å². The summed E-state index contributed by atoms with van der Waals surface area (Å²) in [6.07, 6.45) is 1.62.